The smallest absolute Gasteiger partial charge is 0.239 e. The third-order valence-corrected chi connectivity index (χ3v) is 3.18. The van der Waals surface area contributed by atoms with Crippen LogP contribution in [-0.4, -0.2) is 25.6 Å². The Morgan fingerprint density at radius 1 is 1.40 bits per heavy atom. The Kier molecular flexibility index (Phi) is 5.85. The quantitative estimate of drug-likeness (QED) is 0.834. The monoisotopic (exact) mass is 275 g/mol. The van der Waals surface area contributed by atoms with E-state index in [1.165, 1.54) is 7.11 Å². The van der Waals surface area contributed by atoms with E-state index in [2.05, 4.69) is 16.7 Å². The topological polar surface area (TPSA) is 74.1 Å². The molecule has 1 aromatic carbocycles. The van der Waals surface area contributed by atoms with Gasteiger partial charge in [0.15, 0.2) is 0 Å². The zero-order valence-electron chi connectivity index (χ0n) is 12.4. The van der Waals surface area contributed by atoms with Gasteiger partial charge in [0.25, 0.3) is 0 Å². The highest BCUT2D eigenvalue weighted by atomic mass is 16.5. The predicted molar refractivity (Wildman–Crippen MR) is 78.6 cm³/mol. The van der Waals surface area contributed by atoms with E-state index >= 15 is 0 Å². The summed E-state index contributed by atoms with van der Waals surface area (Å²) in [6, 6.07) is 7.35. The molecule has 0 saturated carbocycles. The van der Waals surface area contributed by atoms with Gasteiger partial charge < -0.3 is 15.4 Å². The molecule has 0 heterocycles. The van der Waals surface area contributed by atoms with Gasteiger partial charge >= 0.3 is 0 Å². The van der Waals surface area contributed by atoms with Crippen LogP contribution < -0.4 is 15.4 Å². The summed E-state index contributed by atoms with van der Waals surface area (Å²) < 4.78 is 5.19. The first-order chi connectivity index (χ1) is 9.49. The van der Waals surface area contributed by atoms with E-state index in [0.29, 0.717) is 22.9 Å². The first-order valence-corrected chi connectivity index (χ1v) is 6.60. The minimum absolute atomic E-state index is 0.103. The fraction of sp³-hybridized carbons (Fsp3) is 0.467. The molecule has 0 radical (unpaired) electrons. The number of nitrogens with zero attached hydrogens (tertiary/aromatic N) is 1. The number of nitrogens with one attached hydrogen (secondary N) is 2. The average Bonchev–Trinajstić information content (AvgIpc) is 2.44. The van der Waals surface area contributed by atoms with Gasteiger partial charge in [0.2, 0.25) is 5.91 Å². The van der Waals surface area contributed by atoms with Crippen LogP contribution in [0.5, 0.6) is 5.75 Å². The van der Waals surface area contributed by atoms with E-state index in [9.17, 15) is 4.79 Å². The number of benzene rings is 1. The summed E-state index contributed by atoms with van der Waals surface area (Å²) in [6.45, 7) is 6.16. The maximum atomic E-state index is 11.8. The summed E-state index contributed by atoms with van der Waals surface area (Å²) in [5.74, 6) is 0.814. The van der Waals surface area contributed by atoms with Gasteiger partial charge in [0.05, 0.1) is 24.9 Å². The van der Waals surface area contributed by atoms with Gasteiger partial charge in [-0.3, -0.25) is 4.79 Å². The molecule has 20 heavy (non-hydrogen) atoms. The first kappa shape index (κ1) is 15.8. The number of carbonyl (C=O) groups is 1. The number of hydrogen-bond acceptors (Lipinski definition) is 4. The second kappa shape index (κ2) is 7.39. The third-order valence-electron chi connectivity index (χ3n) is 3.18. The van der Waals surface area contributed by atoms with Crippen LogP contribution in [0.25, 0.3) is 0 Å². The van der Waals surface area contributed by atoms with Gasteiger partial charge in [-0.25, -0.2) is 0 Å². The molecule has 0 aliphatic rings. The molecule has 0 spiro atoms. The molecule has 2 N–H and O–H groups in total. The van der Waals surface area contributed by atoms with Gasteiger partial charge in [-0.15, -0.1) is 0 Å². The molecule has 0 fully saturated rings. The van der Waals surface area contributed by atoms with E-state index in [0.717, 1.165) is 0 Å². The molecular formula is C15H21N3O2. The molecule has 108 valence electrons. The highest BCUT2D eigenvalue weighted by Crippen LogP contribution is 2.27. The lowest BCUT2D eigenvalue weighted by Gasteiger charge is -2.18. The third kappa shape index (κ3) is 4.16. The van der Waals surface area contributed by atoms with Crippen molar-refractivity contribution >= 4 is 11.6 Å². The summed E-state index contributed by atoms with van der Waals surface area (Å²) in [7, 11) is 1.53. The maximum Gasteiger partial charge on any atom is 0.239 e. The number of carbonyl (C=O) groups excluding carboxylic acids is 1. The Morgan fingerprint density at radius 2 is 2.10 bits per heavy atom. The summed E-state index contributed by atoms with van der Waals surface area (Å²) in [5, 5.41) is 14.9. The molecule has 0 aromatic heterocycles. The SMILES string of the molecule is COc1cccc(C#N)c1NCC(=O)NC(C)C(C)C. The van der Waals surface area contributed by atoms with Crippen LogP contribution in [0.1, 0.15) is 26.3 Å². The Labute approximate surface area is 119 Å². The molecule has 5 heteroatoms. The molecule has 1 unspecified atom stereocenters. The molecule has 1 aromatic rings. The molecule has 1 rings (SSSR count). The van der Waals surface area contributed by atoms with Crippen molar-refractivity contribution < 1.29 is 9.53 Å². The highest BCUT2D eigenvalue weighted by molar-refractivity contribution is 5.82. The van der Waals surface area contributed by atoms with E-state index in [4.69, 9.17) is 10.00 Å². The highest BCUT2D eigenvalue weighted by Gasteiger charge is 2.13. The van der Waals surface area contributed by atoms with Crippen molar-refractivity contribution in [2.45, 2.75) is 26.8 Å². The van der Waals surface area contributed by atoms with Gasteiger partial charge in [0, 0.05) is 6.04 Å². The predicted octanol–water partition coefficient (Wildman–Crippen LogP) is 2.14. The van der Waals surface area contributed by atoms with Crippen molar-refractivity contribution in [2.75, 3.05) is 19.0 Å². The van der Waals surface area contributed by atoms with Crippen molar-refractivity contribution in [1.29, 1.82) is 5.26 Å². The summed E-state index contributed by atoms with van der Waals surface area (Å²) in [4.78, 5) is 11.8. The summed E-state index contributed by atoms with van der Waals surface area (Å²) >= 11 is 0. The van der Waals surface area contributed by atoms with E-state index < -0.39 is 0 Å². The normalized spacial score (nSPS) is 11.6. The minimum Gasteiger partial charge on any atom is -0.495 e. The largest absolute Gasteiger partial charge is 0.495 e. The average molecular weight is 275 g/mol. The zero-order valence-corrected chi connectivity index (χ0v) is 12.4. The van der Waals surface area contributed by atoms with Crippen molar-refractivity contribution in [1.82, 2.24) is 5.32 Å². The molecule has 0 aliphatic heterocycles. The molecule has 0 aliphatic carbocycles. The standard InChI is InChI=1S/C15H21N3O2/c1-10(2)11(3)18-14(19)9-17-15-12(8-16)6-5-7-13(15)20-4/h5-7,10-11,17H,9H2,1-4H3,(H,18,19). The van der Waals surface area contributed by atoms with Crippen molar-refractivity contribution in [3.05, 3.63) is 23.8 Å². The number of nitriles is 1. The molecule has 1 amide bonds. The molecule has 1 atom stereocenters. The lowest BCUT2D eigenvalue weighted by atomic mass is 10.1. The van der Waals surface area contributed by atoms with Crippen molar-refractivity contribution in [3.8, 4) is 11.8 Å². The van der Waals surface area contributed by atoms with Crippen molar-refractivity contribution in [2.24, 2.45) is 5.92 Å². The second-order valence-corrected chi connectivity index (χ2v) is 4.95. The van der Waals surface area contributed by atoms with Crippen molar-refractivity contribution in [3.63, 3.8) is 0 Å². The van der Waals surface area contributed by atoms with Crippen LogP contribution in [0, 0.1) is 17.2 Å². The van der Waals surface area contributed by atoms with Gasteiger partial charge in [-0.05, 0) is 25.0 Å². The Morgan fingerprint density at radius 3 is 2.65 bits per heavy atom. The van der Waals surface area contributed by atoms with Crippen LogP contribution in [0.4, 0.5) is 5.69 Å². The number of para-hydroxylation sites is 1. The van der Waals surface area contributed by atoms with Crippen LogP contribution in [0.2, 0.25) is 0 Å². The molecule has 5 nitrogen and oxygen atoms in total. The zero-order chi connectivity index (χ0) is 15.1. The van der Waals surface area contributed by atoms with Crippen LogP contribution in [-0.2, 0) is 4.79 Å². The van der Waals surface area contributed by atoms with Crippen LogP contribution >= 0.6 is 0 Å². The molecular weight excluding hydrogens is 254 g/mol. The molecule has 0 bridgehead atoms. The van der Waals surface area contributed by atoms with E-state index in [1.807, 2.05) is 20.8 Å². The number of amides is 1. The fourth-order valence-corrected chi connectivity index (χ4v) is 1.62. The molecule has 0 saturated heterocycles. The van der Waals surface area contributed by atoms with E-state index in [-0.39, 0.29) is 18.5 Å². The van der Waals surface area contributed by atoms with Gasteiger partial charge in [-0.1, -0.05) is 19.9 Å². The number of methoxy groups -OCH3 is 1. The number of ether oxygens (including phenoxy) is 1. The fourth-order valence-electron chi connectivity index (χ4n) is 1.62. The lowest BCUT2D eigenvalue weighted by molar-refractivity contribution is -0.120. The Hall–Kier alpha value is -2.22. The van der Waals surface area contributed by atoms with Crippen LogP contribution in [0.15, 0.2) is 18.2 Å². The van der Waals surface area contributed by atoms with Gasteiger partial charge in [0.1, 0.15) is 11.8 Å². The first-order valence-electron chi connectivity index (χ1n) is 6.60. The minimum atomic E-state index is -0.110. The second-order valence-electron chi connectivity index (χ2n) is 4.95. The maximum absolute atomic E-state index is 11.8. The lowest BCUT2D eigenvalue weighted by Crippen LogP contribution is -2.39. The van der Waals surface area contributed by atoms with Gasteiger partial charge in [-0.2, -0.15) is 5.26 Å². The number of anilines is 1. The Bertz CT molecular complexity index is 506. The Balaban J connectivity index is 2.71. The number of rotatable bonds is 6. The summed E-state index contributed by atoms with van der Waals surface area (Å²) in [6.07, 6.45) is 0. The summed E-state index contributed by atoms with van der Waals surface area (Å²) in [5.41, 5.74) is 0.999. The van der Waals surface area contributed by atoms with E-state index in [1.54, 1.807) is 18.2 Å². The van der Waals surface area contributed by atoms with Crippen LogP contribution in [0.3, 0.4) is 0 Å². The number of hydrogen-bond donors (Lipinski definition) is 2.